The first kappa shape index (κ1) is 46.5. The number of rotatable bonds is 10. The van der Waals surface area contributed by atoms with E-state index in [1.54, 1.807) is 101 Å². The second-order valence-electron chi connectivity index (χ2n) is 14.5. The number of thiazole rings is 2. The van der Waals surface area contributed by atoms with Gasteiger partial charge in [-0.3, -0.25) is 18.7 Å². The number of carbonyl (C=O) groups excluding carboxylic acids is 2. The largest absolute Gasteiger partial charge is 0.497 e. The fourth-order valence-corrected chi connectivity index (χ4v) is 9.45. The molecule has 4 aromatic carbocycles. The molecule has 0 aliphatic carbocycles. The molecule has 2 aliphatic rings. The van der Waals surface area contributed by atoms with E-state index in [9.17, 15) is 28.0 Å². The molecule has 0 N–H and O–H groups in total. The van der Waals surface area contributed by atoms with Gasteiger partial charge in [-0.25, -0.2) is 28.4 Å². The van der Waals surface area contributed by atoms with Gasteiger partial charge in [0.1, 0.15) is 34.6 Å². The lowest BCUT2D eigenvalue weighted by Crippen LogP contribution is -2.39. The minimum Gasteiger partial charge on any atom is -0.497 e. The molecule has 0 bridgehead atoms. The van der Waals surface area contributed by atoms with Gasteiger partial charge in [0.05, 0.1) is 86.3 Å². The Hall–Kier alpha value is -7.44. The third kappa shape index (κ3) is 9.09. The monoisotopic (exact) mass is 936 g/mol. The van der Waals surface area contributed by atoms with Gasteiger partial charge < -0.3 is 28.4 Å². The van der Waals surface area contributed by atoms with Crippen molar-refractivity contribution in [2.45, 2.75) is 25.9 Å². The van der Waals surface area contributed by atoms with Crippen molar-refractivity contribution in [3.05, 3.63) is 181 Å². The second-order valence-corrected chi connectivity index (χ2v) is 16.5. The summed E-state index contributed by atoms with van der Waals surface area (Å²) in [6.07, 6.45) is 2.95. The van der Waals surface area contributed by atoms with Crippen LogP contribution in [0.15, 0.2) is 127 Å². The molecule has 0 unspecified atom stereocenters. The molecule has 2 aromatic heterocycles. The van der Waals surface area contributed by atoms with Crippen molar-refractivity contribution in [1.29, 1.82) is 0 Å². The lowest BCUT2D eigenvalue weighted by Gasteiger charge is -2.24. The highest BCUT2D eigenvalue weighted by molar-refractivity contribution is 7.07. The first-order valence-electron chi connectivity index (χ1n) is 19.9. The van der Waals surface area contributed by atoms with Crippen molar-refractivity contribution in [2.24, 2.45) is 9.98 Å². The Balaban J connectivity index is 0.000000196. The maximum Gasteiger partial charge on any atom is 0.338 e. The topological polar surface area (TPSA) is 158 Å². The number of esters is 2. The molecule has 18 heteroatoms. The molecular weight excluding hydrogens is 895 g/mol. The maximum absolute atomic E-state index is 14.5. The van der Waals surface area contributed by atoms with Crippen LogP contribution in [-0.4, -0.2) is 63.7 Å². The summed E-state index contributed by atoms with van der Waals surface area (Å²) in [5, 5.41) is 0. The predicted molar refractivity (Wildman–Crippen MR) is 243 cm³/mol. The number of methoxy groups -OCH3 is 6. The van der Waals surface area contributed by atoms with Crippen molar-refractivity contribution in [3.8, 4) is 23.0 Å². The highest BCUT2D eigenvalue weighted by Gasteiger charge is 2.34. The number of halogens is 2. The Labute approximate surface area is 383 Å². The minimum absolute atomic E-state index is 0.242. The normalized spacial score (nSPS) is 15.7. The first-order chi connectivity index (χ1) is 31.7. The van der Waals surface area contributed by atoms with Crippen LogP contribution in [0.1, 0.15) is 48.2 Å². The van der Waals surface area contributed by atoms with E-state index in [4.69, 9.17) is 28.4 Å². The van der Waals surface area contributed by atoms with Gasteiger partial charge in [0.15, 0.2) is 9.60 Å². The first-order valence-corrected chi connectivity index (χ1v) is 21.6. The van der Waals surface area contributed by atoms with Crippen LogP contribution in [0.25, 0.3) is 12.2 Å². The maximum atomic E-state index is 14.5. The van der Waals surface area contributed by atoms with E-state index in [1.807, 2.05) is 0 Å². The van der Waals surface area contributed by atoms with Gasteiger partial charge in [0.2, 0.25) is 0 Å². The molecular formula is C48H42F2N4O10S2. The van der Waals surface area contributed by atoms with Crippen LogP contribution in [0.4, 0.5) is 8.78 Å². The van der Waals surface area contributed by atoms with Gasteiger partial charge in [-0.15, -0.1) is 0 Å². The van der Waals surface area contributed by atoms with Crippen LogP contribution < -0.4 is 48.7 Å². The zero-order valence-electron chi connectivity index (χ0n) is 36.8. The number of hydrogen-bond donors (Lipinski definition) is 0. The average Bonchev–Trinajstić information content (AvgIpc) is 3.81. The number of allylic oxidation sites excluding steroid dienone is 2. The third-order valence-electron chi connectivity index (χ3n) is 10.7. The summed E-state index contributed by atoms with van der Waals surface area (Å²) in [4.78, 5) is 62.0. The molecule has 340 valence electrons. The fourth-order valence-electron chi connectivity index (χ4n) is 7.37. The highest BCUT2D eigenvalue weighted by atomic mass is 32.1. The molecule has 4 heterocycles. The zero-order chi connectivity index (χ0) is 47.4. The van der Waals surface area contributed by atoms with Crippen molar-refractivity contribution in [2.75, 3.05) is 42.7 Å². The van der Waals surface area contributed by atoms with E-state index in [0.29, 0.717) is 55.1 Å². The number of fused-ring (bicyclic) bond motifs is 2. The Morgan fingerprint density at radius 2 is 0.879 bits per heavy atom. The molecule has 0 saturated carbocycles. The fraction of sp³-hybridized carbons (Fsp3) is 0.208. The average molecular weight is 937 g/mol. The SMILES string of the molecule is COC(=O)C1=C(C)N=c2s/c(=C\c3ccc(OC)cc3F)c(=O)n2[C@@H]1c1ccc(OC)cc1.COC(=O)C1=C(C)N=c2s/c(=C\c3ccc(OC)cc3F)c(=O)n2[C@H]1c1ccc(OC)cc1. The van der Waals surface area contributed by atoms with Gasteiger partial charge in [0, 0.05) is 23.3 Å². The van der Waals surface area contributed by atoms with E-state index < -0.39 is 35.7 Å². The number of aromatic nitrogens is 2. The highest BCUT2D eigenvalue weighted by Crippen LogP contribution is 2.33. The molecule has 14 nitrogen and oxygen atoms in total. The van der Waals surface area contributed by atoms with Gasteiger partial charge in [-0.1, -0.05) is 46.9 Å². The smallest absolute Gasteiger partial charge is 0.338 e. The zero-order valence-corrected chi connectivity index (χ0v) is 38.5. The predicted octanol–water partition coefficient (Wildman–Crippen LogP) is 5.13. The molecule has 0 spiro atoms. The van der Waals surface area contributed by atoms with E-state index in [2.05, 4.69) is 9.98 Å². The molecule has 2 atom stereocenters. The van der Waals surface area contributed by atoms with Crippen molar-refractivity contribution in [1.82, 2.24) is 9.13 Å². The van der Waals surface area contributed by atoms with Crippen molar-refractivity contribution < 1.29 is 46.8 Å². The van der Waals surface area contributed by atoms with E-state index >= 15 is 0 Å². The Morgan fingerprint density at radius 1 is 0.545 bits per heavy atom. The number of ether oxygens (including phenoxy) is 6. The summed E-state index contributed by atoms with van der Waals surface area (Å²) < 4.78 is 63.0. The Morgan fingerprint density at radius 3 is 1.18 bits per heavy atom. The number of hydrogen-bond acceptors (Lipinski definition) is 14. The number of carbonyl (C=O) groups is 2. The molecule has 2 aliphatic heterocycles. The van der Waals surface area contributed by atoms with E-state index in [-0.39, 0.29) is 42.5 Å². The summed E-state index contributed by atoms with van der Waals surface area (Å²) in [5.74, 6) is -0.146. The van der Waals surface area contributed by atoms with Gasteiger partial charge >= 0.3 is 11.9 Å². The lowest BCUT2D eigenvalue weighted by molar-refractivity contribution is -0.137. The van der Waals surface area contributed by atoms with Crippen LogP contribution in [0, 0.1) is 11.6 Å². The molecule has 0 fully saturated rings. The van der Waals surface area contributed by atoms with Gasteiger partial charge in [0.25, 0.3) is 11.1 Å². The van der Waals surface area contributed by atoms with Crippen molar-refractivity contribution >= 4 is 46.8 Å². The summed E-state index contributed by atoms with van der Waals surface area (Å²) in [6.45, 7) is 3.39. The summed E-state index contributed by atoms with van der Waals surface area (Å²) >= 11 is 2.25. The van der Waals surface area contributed by atoms with Gasteiger partial charge in [-0.2, -0.15) is 0 Å². The Bertz CT molecular complexity index is 3100. The van der Waals surface area contributed by atoms with Crippen molar-refractivity contribution in [3.63, 3.8) is 0 Å². The van der Waals surface area contributed by atoms with Crippen LogP contribution in [0.5, 0.6) is 23.0 Å². The quantitative estimate of drug-likeness (QED) is 0.169. The molecule has 0 radical (unpaired) electrons. The molecule has 66 heavy (non-hydrogen) atoms. The van der Waals surface area contributed by atoms with Gasteiger partial charge in [-0.05, 0) is 85.7 Å². The second kappa shape index (κ2) is 19.7. The lowest BCUT2D eigenvalue weighted by atomic mass is 9.96. The van der Waals surface area contributed by atoms with Crippen LogP contribution in [0.3, 0.4) is 0 Å². The van der Waals surface area contributed by atoms with E-state index in [0.717, 1.165) is 22.7 Å². The minimum atomic E-state index is -0.748. The molecule has 6 aromatic rings. The summed E-state index contributed by atoms with van der Waals surface area (Å²) in [7, 11) is 8.58. The van der Waals surface area contributed by atoms with Crippen LogP contribution >= 0.6 is 22.7 Å². The van der Waals surface area contributed by atoms with Crippen LogP contribution in [-0.2, 0) is 19.1 Å². The molecule has 0 saturated heterocycles. The number of nitrogens with zero attached hydrogens (tertiary/aromatic N) is 4. The summed E-state index contributed by atoms with van der Waals surface area (Å²) in [5.41, 5.74) is 2.51. The number of benzene rings is 4. The van der Waals surface area contributed by atoms with Crippen LogP contribution in [0.2, 0.25) is 0 Å². The standard InChI is InChI=1S/2C24H21FN2O5S/c2*1-13-20(23(29)32-4)21(14-5-8-16(30-2)9-6-14)27-22(28)19(33-24(27)26-13)11-15-7-10-17(31-3)12-18(15)25/h2*5-12,21H,1-4H3/b2*19-11-/t2*21-/m10/s1. The van der Waals surface area contributed by atoms with E-state index in [1.165, 1.54) is 61.9 Å². The Kier molecular flexibility index (Phi) is 13.9. The molecule has 0 amide bonds. The molecule has 8 rings (SSSR count). The third-order valence-corrected chi connectivity index (χ3v) is 12.7. The summed E-state index contributed by atoms with van der Waals surface area (Å²) in [6, 6.07) is 21.5.